The number of benzene rings is 1. The summed E-state index contributed by atoms with van der Waals surface area (Å²) in [4.78, 5) is 11.0. The highest BCUT2D eigenvalue weighted by molar-refractivity contribution is 9.10. The lowest BCUT2D eigenvalue weighted by molar-refractivity contribution is 0.0696. The minimum atomic E-state index is -3.81. The number of carboxylic acid groups (broad SMARTS) is 1. The van der Waals surface area contributed by atoms with Gasteiger partial charge in [-0.2, -0.15) is 4.31 Å². The third kappa shape index (κ3) is 3.40. The van der Waals surface area contributed by atoms with Crippen LogP contribution in [0.3, 0.4) is 0 Å². The lowest BCUT2D eigenvalue weighted by Crippen LogP contribution is -2.40. The second-order valence-electron chi connectivity index (χ2n) is 4.71. The molecule has 1 saturated heterocycles. The van der Waals surface area contributed by atoms with Crippen molar-refractivity contribution in [2.24, 2.45) is 0 Å². The third-order valence-corrected chi connectivity index (χ3v) is 6.43. The van der Waals surface area contributed by atoms with Crippen molar-refractivity contribution < 1.29 is 23.4 Å². The van der Waals surface area contributed by atoms with Gasteiger partial charge in [-0.05, 0) is 40.9 Å². The molecule has 1 aliphatic rings. The maximum Gasteiger partial charge on any atom is 0.337 e. The molecule has 0 aromatic heterocycles. The smallest absolute Gasteiger partial charge is 0.337 e. The predicted molar refractivity (Wildman–Crippen MR) is 80.1 cm³/mol. The number of hydrogen-bond donors (Lipinski definition) is 2. The topological polar surface area (TPSA) is 94.9 Å². The highest BCUT2D eigenvalue weighted by Gasteiger charge is 2.30. The molecule has 1 aliphatic heterocycles. The van der Waals surface area contributed by atoms with Crippen molar-refractivity contribution in [3.05, 3.63) is 27.2 Å². The first-order valence-corrected chi connectivity index (χ1v) is 8.75. The number of aliphatic hydroxyl groups is 1. The maximum absolute atomic E-state index is 12.5. The molecule has 21 heavy (non-hydrogen) atoms. The average Bonchev–Trinajstić information content (AvgIpc) is 2.41. The van der Waals surface area contributed by atoms with Crippen LogP contribution in [0, 0.1) is 0 Å². The first-order valence-electron chi connectivity index (χ1n) is 6.14. The summed E-state index contributed by atoms with van der Waals surface area (Å²) in [7, 11) is -3.81. The van der Waals surface area contributed by atoms with Crippen LogP contribution in [-0.2, 0) is 10.0 Å². The molecule has 0 spiro atoms. The second kappa shape index (κ2) is 6.21. The van der Waals surface area contributed by atoms with Crippen molar-refractivity contribution in [3.63, 3.8) is 0 Å². The molecule has 0 radical (unpaired) electrons. The number of nitrogens with zero attached hydrogens (tertiary/aromatic N) is 1. The Morgan fingerprint density at radius 2 is 1.90 bits per heavy atom. The minimum Gasteiger partial charge on any atom is -0.478 e. The Labute approximate surface area is 135 Å². The molecule has 1 aromatic rings. The average molecular weight is 399 g/mol. The number of rotatable bonds is 3. The number of piperidine rings is 1. The van der Waals surface area contributed by atoms with Gasteiger partial charge in [-0.1, -0.05) is 11.6 Å². The quantitative estimate of drug-likeness (QED) is 0.811. The molecule has 2 rings (SSSR count). The maximum atomic E-state index is 12.5. The number of halogens is 2. The summed E-state index contributed by atoms with van der Waals surface area (Å²) in [5.41, 5.74) is -0.276. The molecule has 0 bridgehead atoms. The van der Waals surface area contributed by atoms with Crippen LogP contribution in [0.4, 0.5) is 0 Å². The number of carbonyl (C=O) groups is 1. The first kappa shape index (κ1) is 16.7. The van der Waals surface area contributed by atoms with Gasteiger partial charge >= 0.3 is 5.97 Å². The largest absolute Gasteiger partial charge is 0.478 e. The molecule has 0 atom stereocenters. The van der Waals surface area contributed by atoms with Gasteiger partial charge in [0.1, 0.15) is 0 Å². The number of carboxylic acids is 1. The van der Waals surface area contributed by atoms with Gasteiger partial charge < -0.3 is 10.2 Å². The van der Waals surface area contributed by atoms with Crippen LogP contribution in [0.2, 0.25) is 5.02 Å². The molecule has 1 fully saturated rings. The van der Waals surface area contributed by atoms with Gasteiger partial charge in [-0.15, -0.1) is 0 Å². The van der Waals surface area contributed by atoms with Crippen molar-refractivity contribution in [2.75, 3.05) is 13.1 Å². The summed E-state index contributed by atoms with van der Waals surface area (Å²) in [6.07, 6.45) is 0.225. The van der Waals surface area contributed by atoms with E-state index in [-0.39, 0.29) is 33.0 Å². The van der Waals surface area contributed by atoms with Gasteiger partial charge in [-0.25, -0.2) is 13.2 Å². The van der Waals surface area contributed by atoms with Crippen LogP contribution in [-0.4, -0.2) is 48.1 Å². The zero-order valence-corrected chi connectivity index (χ0v) is 13.9. The number of sulfonamides is 1. The monoisotopic (exact) mass is 397 g/mol. The molecule has 6 nitrogen and oxygen atoms in total. The molecule has 1 heterocycles. The zero-order chi connectivity index (χ0) is 15.8. The molecule has 0 unspecified atom stereocenters. The Hall–Kier alpha value is -0.670. The lowest BCUT2D eigenvalue weighted by atomic mass is 10.1. The van der Waals surface area contributed by atoms with E-state index in [0.717, 1.165) is 6.07 Å². The van der Waals surface area contributed by atoms with Gasteiger partial charge in [0.25, 0.3) is 0 Å². The summed E-state index contributed by atoms with van der Waals surface area (Å²) in [5, 5.41) is 18.5. The summed E-state index contributed by atoms with van der Waals surface area (Å²) >= 11 is 8.92. The van der Waals surface area contributed by atoms with Crippen molar-refractivity contribution in [1.29, 1.82) is 0 Å². The van der Waals surface area contributed by atoms with E-state index in [9.17, 15) is 18.3 Å². The van der Waals surface area contributed by atoms with Crippen molar-refractivity contribution >= 4 is 43.5 Å². The van der Waals surface area contributed by atoms with E-state index in [4.69, 9.17) is 16.7 Å². The third-order valence-electron chi connectivity index (χ3n) is 3.29. The van der Waals surface area contributed by atoms with Gasteiger partial charge in [0.15, 0.2) is 0 Å². The first-order chi connectivity index (χ1) is 9.73. The molecule has 1 aromatic carbocycles. The summed E-state index contributed by atoms with van der Waals surface area (Å²) in [6, 6.07) is 2.34. The molecule has 0 saturated carbocycles. The van der Waals surface area contributed by atoms with Gasteiger partial charge in [0.2, 0.25) is 10.0 Å². The highest BCUT2D eigenvalue weighted by Crippen LogP contribution is 2.31. The van der Waals surface area contributed by atoms with Crippen molar-refractivity contribution in [3.8, 4) is 0 Å². The Morgan fingerprint density at radius 3 is 2.43 bits per heavy atom. The van der Waals surface area contributed by atoms with E-state index in [0.29, 0.717) is 12.8 Å². The fraction of sp³-hybridized carbons (Fsp3) is 0.417. The van der Waals surface area contributed by atoms with E-state index in [2.05, 4.69) is 15.9 Å². The van der Waals surface area contributed by atoms with E-state index in [1.807, 2.05) is 0 Å². The normalized spacial score (nSPS) is 17.9. The number of aliphatic hydroxyl groups excluding tert-OH is 1. The Balaban J connectivity index is 2.43. The molecule has 116 valence electrons. The van der Waals surface area contributed by atoms with E-state index >= 15 is 0 Å². The van der Waals surface area contributed by atoms with Gasteiger partial charge in [-0.3, -0.25) is 0 Å². The van der Waals surface area contributed by atoms with Crippen LogP contribution in [0.5, 0.6) is 0 Å². The van der Waals surface area contributed by atoms with Gasteiger partial charge in [0.05, 0.1) is 21.6 Å². The van der Waals surface area contributed by atoms with Crippen LogP contribution in [0.1, 0.15) is 23.2 Å². The molecule has 2 N–H and O–H groups in total. The Morgan fingerprint density at radius 1 is 1.33 bits per heavy atom. The van der Waals surface area contributed by atoms with Crippen LogP contribution in [0.15, 0.2) is 21.5 Å². The molecular formula is C12H13BrClNO5S. The fourth-order valence-corrected chi connectivity index (χ4v) is 4.43. The second-order valence-corrected chi connectivity index (χ2v) is 7.88. The molecule has 0 amide bonds. The minimum absolute atomic E-state index is 0.0458. The van der Waals surface area contributed by atoms with Gasteiger partial charge in [0, 0.05) is 17.6 Å². The standard InChI is InChI=1S/C12H13BrClNO5S/c13-10-6-8(5-9(11(10)14)12(17)18)21(19,20)15-3-1-7(16)2-4-15/h5-7,16H,1-4H2,(H,17,18). The summed E-state index contributed by atoms with van der Waals surface area (Å²) in [5.74, 6) is -1.30. The molecular weight excluding hydrogens is 386 g/mol. The van der Waals surface area contributed by atoms with Crippen LogP contribution < -0.4 is 0 Å². The highest BCUT2D eigenvalue weighted by atomic mass is 79.9. The Kier molecular flexibility index (Phi) is 4.94. The van der Waals surface area contributed by atoms with Crippen LogP contribution in [0.25, 0.3) is 0 Å². The van der Waals surface area contributed by atoms with E-state index in [1.54, 1.807) is 0 Å². The number of hydrogen-bond acceptors (Lipinski definition) is 4. The van der Waals surface area contributed by atoms with E-state index < -0.39 is 22.1 Å². The van der Waals surface area contributed by atoms with Crippen LogP contribution >= 0.6 is 27.5 Å². The SMILES string of the molecule is O=C(O)c1cc(S(=O)(=O)N2CCC(O)CC2)cc(Br)c1Cl. The Bertz CT molecular complexity index is 670. The molecule has 0 aliphatic carbocycles. The summed E-state index contributed by atoms with van der Waals surface area (Å²) < 4.78 is 26.5. The van der Waals surface area contributed by atoms with E-state index in [1.165, 1.54) is 10.4 Å². The van der Waals surface area contributed by atoms with Crippen molar-refractivity contribution in [1.82, 2.24) is 4.31 Å². The molecule has 9 heteroatoms. The number of aromatic carboxylic acids is 1. The fourth-order valence-electron chi connectivity index (χ4n) is 2.10. The zero-order valence-electron chi connectivity index (χ0n) is 10.8. The predicted octanol–water partition coefficient (Wildman–Crippen LogP) is 1.95. The summed E-state index contributed by atoms with van der Waals surface area (Å²) in [6.45, 7) is 0.401. The van der Waals surface area contributed by atoms with Crippen molar-refractivity contribution in [2.45, 2.75) is 23.8 Å². The lowest BCUT2D eigenvalue weighted by Gasteiger charge is -2.28.